The third-order valence-electron chi connectivity index (χ3n) is 5.22. The molecule has 0 aromatic carbocycles. The molecule has 3 unspecified atom stereocenters. The molecule has 4 bridgehead atoms. The molecule has 0 aliphatic heterocycles. The zero-order chi connectivity index (χ0) is 9.05. The van der Waals surface area contributed by atoms with E-state index in [4.69, 9.17) is 5.73 Å². The van der Waals surface area contributed by atoms with Gasteiger partial charge in [-0.25, -0.2) is 0 Å². The Bertz CT molecular complexity index is 207. The summed E-state index contributed by atoms with van der Waals surface area (Å²) in [4.78, 5) is 0. The third-order valence-corrected chi connectivity index (χ3v) is 5.22. The minimum absolute atomic E-state index is 0.566. The van der Waals surface area contributed by atoms with Crippen LogP contribution in [0, 0.1) is 23.2 Å². The van der Waals surface area contributed by atoms with Gasteiger partial charge in [0.1, 0.15) is 0 Å². The van der Waals surface area contributed by atoms with Gasteiger partial charge in [0.2, 0.25) is 0 Å². The molecule has 74 valence electrons. The monoisotopic (exact) mass is 179 g/mol. The fourth-order valence-electron chi connectivity index (χ4n) is 4.66. The summed E-state index contributed by atoms with van der Waals surface area (Å²) in [5, 5.41) is 0. The standard InChI is InChI=1S/C12H21N/c1-2-12-5-8-3-9(6-12)11(13)10(4-8)7-12/h8-11H,2-7,13H2,1H3/t8?,9-,10+,11?,12?. The Morgan fingerprint density at radius 2 is 1.77 bits per heavy atom. The summed E-state index contributed by atoms with van der Waals surface area (Å²) in [5.74, 6) is 2.84. The Morgan fingerprint density at radius 3 is 2.31 bits per heavy atom. The Morgan fingerprint density at radius 1 is 1.15 bits per heavy atom. The van der Waals surface area contributed by atoms with Crippen molar-refractivity contribution in [1.82, 2.24) is 0 Å². The van der Waals surface area contributed by atoms with Crippen molar-refractivity contribution in [3.8, 4) is 0 Å². The van der Waals surface area contributed by atoms with Crippen molar-refractivity contribution in [3.63, 3.8) is 0 Å². The fourth-order valence-corrected chi connectivity index (χ4v) is 4.66. The first kappa shape index (κ1) is 8.28. The van der Waals surface area contributed by atoms with Crippen molar-refractivity contribution < 1.29 is 0 Å². The number of nitrogens with two attached hydrogens (primary N) is 1. The van der Waals surface area contributed by atoms with Crippen LogP contribution in [0.5, 0.6) is 0 Å². The summed E-state index contributed by atoms with van der Waals surface area (Å²) in [6.45, 7) is 2.39. The highest BCUT2D eigenvalue weighted by Crippen LogP contribution is 2.60. The molecular formula is C12H21N. The molecule has 2 N–H and O–H groups in total. The molecule has 1 heteroatoms. The molecule has 4 saturated carbocycles. The van der Waals surface area contributed by atoms with Crippen LogP contribution in [0.15, 0.2) is 0 Å². The second kappa shape index (κ2) is 2.50. The number of rotatable bonds is 1. The van der Waals surface area contributed by atoms with Gasteiger partial charge in [-0.3, -0.25) is 0 Å². The number of hydrogen-bond donors (Lipinski definition) is 1. The fraction of sp³-hybridized carbons (Fsp3) is 1.00. The van der Waals surface area contributed by atoms with Crippen molar-refractivity contribution in [2.75, 3.05) is 0 Å². The van der Waals surface area contributed by atoms with E-state index in [-0.39, 0.29) is 0 Å². The van der Waals surface area contributed by atoms with Crippen molar-refractivity contribution in [1.29, 1.82) is 0 Å². The summed E-state index contributed by atoms with van der Waals surface area (Å²) in [5.41, 5.74) is 7.02. The Labute approximate surface area is 81.1 Å². The molecule has 0 aromatic heterocycles. The van der Waals surface area contributed by atoms with Crippen molar-refractivity contribution in [3.05, 3.63) is 0 Å². The van der Waals surface area contributed by atoms with Gasteiger partial charge in [0.15, 0.2) is 0 Å². The number of hydrogen-bond acceptors (Lipinski definition) is 1. The van der Waals surface area contributed by atoms with Crippen LogP contribution in [-0.2, 0) is 0 Å². The highest BCUT2D eigenvalue weighted by molar-refractivity contribution is 5.05. The van der Waals surface area contributed by atoms with E-state index in [9.17, 15) is 0 Å². The molecular weight excluding hydrogens is 158 g/mol. The van der Waals surface area contributed by atoms with Gasteiger partial charge in [0.25, 0.3) is 0 Å². The van der Waals surface area contributed by atoms with Gasteiger partial charge in [-0.1, -0.05) is 13.3 Å². The Kier molecular flexibility index (Phi) is 1.59. The van der Waals surface area contributed by atoms with Gasteiger partial charge in [-0.15, -0.1) is 0 Å². The lowest BCUT2D eigenvalue weighted by Gasteiger charge is -2.59. The van der Waals surface area contributed by atoms with E-state index in [1.807, 2.05) is 0 Å². The largest absolute Gasteiger partial charge is 0.327 e. The van der Waals surface area contributed by atoms with Gasteiger partial charge in [0.05, 0.1) is 0 Å². The lowest BCUT2D eigenvalue weighted by Crippen LogP contribution is -2.56. The molecule has 0 aromatic rings. The molecule has 0 spiro atoms. The average Bonchev–Trinajstić information content (AvgIpc) is 2.13. The molecule has 0 saturated heterocycles. The minimum Gasteiger partial charge on any atom is -0.327 e. The molecule has 0 amide bonds. The smallest absolute Gasteiger partial charge is 0.00962 e. The van der Waals surface area contributed by atoms with Crippen molar-refractivity contribution in [2.45, 2.75) is 51.5 Å². The first-order chi connectivity index (χ1) is 6.22. The maximum Gasteiger partial charge on any atom is 0.00962 e. The summed E-state index contributed by atoms with van der Waals surface area (Å²) < 4.78 is 0. The van der Waals surface area contributed by atoms with Crippen LogP contribution in [-0.4, -0.2) is 6.04 Å². The van der Waals surface area contributed by atoms with Gasteiger partial charge in [-0.05, 0) is 55.3 Å². The maximum absolute atomic E-state index is 6.28. The van der Waals surface area contributed by atoms with E-state index >= 15 is 0 Å². The topological polar surface area (TPSA) is 26.0 Å². The summed E-state index contributed by atoms with van der Waals surface area (Å²) >= 11 is 0. The highest BCUT2D eigenvalue weighted by atomic mass is 14.7. The Hall–Kier alpha value is -0.0400. The molecule has 13 heavy (non-hydrogen) atoms. The van der Waals surface area contributed by atoms with Crippen LogP contribution in [0.2, 0.25) is 0 Å². The average molecular weight is 179 g/mol. The van der Waals surface area contributed by atoms with Crippen LogP contribution >= 0.6 is 0 Å². The molecule has 1 nitrogen and oxygen atoms in total. The summed E-state index contributed by atoms with van der Waals surface area (Å²) in [7, 11) is 0. The minimum atomic E-state index is 0.566. The van der Waals surface area contributed by atoms with Crippen molar-refractivity contribution >= 4 is 0 Å². The van der Waals surface area contributed by atoms with Crippen LogP contribution < -0.4 is 5.73 Å². The van der Waals surface area contributed by atoms with Gasteiger partial charge in [-0.2, -0.15) is 0 Å². The van der Waals surface area contributed by atoms with E-state index in [2.05, 4.69) is 6.92 Å². The van der Waals surface area contributed by atoms with E-state index in [0.29, 0.717) is 6.04 Å². The second-order valence-electron chi connectivity index (χ2n) is 5.90. The first-order valence-electron chi connectivity index (χ1n) is 5.98. The lowest BCUT2D eigenvalue weighted by atomic mass is 9.47. The summed E-state index contributed by atoms with van der Waals surface area (Å²) in [6.07, 6.45) is 8.76. The highest BCUT2D eigenvalue weighted by Gasteiger charge is 2.53. The van der Waals surface area contributed by atoms with E-state index in [1.54, 1.807) is 0 Å². The van der Waals surface area contributed by atoms with Gasteiger partial charge >= 0.3 is 0 Å². The van der Waals surface area contributed by atoms with Crippen molar-refractivity contribution in [2.24, 2.45) is 28.9 Å². The third kappa shape index (κ3) is 1.03. The molecule has 4 fully saturated rings. The van der Waals surface area contributed by atoms with Crippen LogP contribution in [0.4, 0.5) is 0 Å². The second-order valence-corrected chi connectivity index (χ2v) is 5.90. The molecule has 0 heterocycles. The zero-order valence-corrected chi connectivity index (χ0v) is 8.63. The first-order valence-corrected chi connectivity index (χ1v) is 5.98. The van der Waals surface area contributed by atoms with Crippen LogP contribution in [0.1, 0.15) is 45.4 Å². The van der Waals surface area contributed by atoms with E-state index in [0.717, 1.165) is 23.2 Å². The van der Waals surface area contributed by atoms with E-state index in [1.165, 1.54) is 38.5 Å². The van der Waals surface area contributed by atoms with Crippen LogP contribution in [0.3, 0.4) is 0 Å². The quantitative estimate of drug-likeness (QED) is 0.657. The van der Waals surface area contributed by atoms with E-state index < -0.39 is 0 Å². The molecule has 4 aliphatic carbocycles. The lowest BCUT2D eigenvalue weighted by molar-refractivity contribution is -0.0684. The molecule has 4 aliphatic rings. The molecule has 5 atom stereocenters. The molecule has 4 rings (SSSR count). The van der Waals surface area contributed by atoms with Gasteiger partial charge in [0, 0.05) is 6.04 Å². The molecule has 0 radical (unpaired) electrons. The van der Waals surface area contributed by atoms with Crippen LogP contribution in [0.25, 0.3) is 0 Å². The summed E-state index contributed by atoms with van der Waals surface area (Å²) in [6, 6.07) is 0.566. The zero-order valence-electron chi connectivity index (χ0n) is 8.63. The normalized spacial score (nSPS) is 58.6. The van der Waals surface area contributed by atoms with Gasteiger partial charge < -0.3 is 5.73 Å². The maximum atomic E-state index is 6.28. The predicted molar refractivity (Wildman–Crippen MR) is 54.3 cm³/mol. The Balaban J connectivity index is 1.92. The predicted octanol–water partition coefficient (Wildman–Crippen LogP) is 2.55. The SMILES string of the molecule is CCC12CC3C[C@H](C1)C(N)[C@@H](C3)C2.